The summed E-state index contributed by atoms with van der Waals surface area (Å²) in [5, 5.41) is 0. The Labute approximate surface area is 132 Å². The van der Waals surface area contributed by atoms with Crippen molar-refractivity contribution in [3.05, 3.63) is 0 Å². The maximum absolute atomic E-state index is 6.52. The summed E-state index contributed by atoms with van der Waals surface area (Å²) in [5.41, 5.74) is -0.952. The highest BCUT2D eigenvalue weighted by Crippen LogP contribution is 2.35. The second-order valence-electron chi connectivity index (χ2n) is 9.10. The first-order valence-electron chi connectivity index (χ1n) is 7.47. The summed E-state index contributed by atoms with van der Waals surface area (Å²) in [5.74, 6) is 0. The van der Waals surface area contributed by atoms with Gasteiger partial charge in [0, 0.05) is 0 Å². The van der Waals surface area contributed by atoms with E-state index in [-0.39, 0.29) is 0 Å². The fourth-order valence-electron chi connectivity index (χ4n) is 2.29. The molecule has 0 aromatic rings. The van der Waals surface area contributed by atoms with Gasteiger partial charge in [0.05, 0.1) is 15.8 Å². The van der Waals surface area contributed by atoms with Gasteiger partial charge in [-0.2, -0.15) is 0 Å². The highest BCUT2D eigenvalue weighted by Gasteiger charge is 2.50. The fourth-order valence-corrected chi connectivity index (χ4v) is 11.0. The van der Waals surface area contributed by atoms with Gasteiger partial charge in [-0.15, -0.1) is 0 Å². The normalized spacial score (nSPS) is 15.8. The molecule has 0 fully saturated rings. The van der Waals surface area contributed by atoms with Gasteiger partial charge in [-0.25, -0.2) is 0 Å². The molecule has 0 saturated heterocycles. The fraction of sp³-hybridized carbons (Fsp3) is 1.00. The average molecular weight is 353 g/mol. The Kier molecular flexibility index (Phi) is 6.32. The zero-order valence-corrected chi connectivity index (χ0v) is 20.7. The average Bonchev–Trinajstić information content (AvgIpc) is 1.88. The molecule has 0 aromatic heterocycles. The van der Waals surface area contributed by atoms with Crippen LogP contribution in [0.5, 0.6) is 0 Å². The van der Waals surface area contributed by atoms with E-state index >= 15 is 0 Å². The molecule has 0 rings (SSSR count). The first kappa shape index (κ1) is 20.7. The maximum atomic E-state index is 6.52. The van der Waals surface area contributed by atoms with Crippen molar-refractivity contribution >= 4 is 35.2 Å². The molecule has 0 aliphatic rings. The molecule has 0 N–H and O–H groups in total. The molecule has 3 nitrogen and oxygen atoms in total. The van der Waals surface area contributed by atoms with Crippen LogP contribution in [0.2, 0.25) is 58.9 Å². The van der Waals surface area contributed by atoms with Crippen LogP contribution in [0.4, 0.5) is 0 Å². The topological polar surface area (TPSA) is 27.7 Å². The standard InChI is InChI=1S/C13H36O3Si4/c1-12(2,14-18(3,4)5)13(17,15-19(6,7)8)16-20(9,10)11/h1-11,17H3. The van der Waals surface area contributed by atoms with Gasteiger partial charge in [0.15, 0.2) is 25.0 Å². The van der Waals surface area contributed by atoms with Gasteiger partial charge in [-0.05, 0) is 72.8 Å². The zero-order valence-electron chi connectivity index (χ0n) is 15.7. The van der Waals surface area contributed by atoms with Crippen molar-refractivity contribution in [2.45, 2.75) is 83.8 Å². The second kappa shape index (κ2) is 6.09. The largest absolute Gasteiger partial charge is 0.408 e. The minimum atomic E-state index is -1.71. The number of hydrogen-bond donors (Lipinski definition) is 0. The summed E-state index contributed by atoms with van der Waals surface area (Å²) in [7, 11) is -4.28. The molecule has 0 aliphatic heterocycles. The lowest BCUT2D eigenvalue weighted by Gasteiger charge is -2.51. The zero-order chi connectivity index (χ0) is 16.6. The molecule has 0 radical (unpaired) electrons. The Hall–Kier alpha value is 0.748. The van der Waals surface area contributed by atoms with E-state index in [1.54, 1.807) is 0 Å². The van der Waals surface area contributed by atoms with E-state index in [1.165, 1.54) is 0 Å². The van der Waals surface area contributed by atoms with Crippen molar-refractivity contribution in [3.8, 4) is 0 Å². The quantitative estimate of drug-likeness (QED) is 0.519. The van der Waals surface area contributed by atoms with E-state index < -0.39 is 36.0 Å². The summed E-state index contributed by atoms with van der Waals surface area (Å²) in [4.78, 5) is 0. The Morgan fingerprint density at radius 2 is 0.850 bits per heavy atom. The smallest absolute Gasteiger partial charge is 0.187 e. The lowest BCUT2D eigenvalue weighted by atomic mass is 10.1. The molecule has 0 heterocycles. The summed E-state index contributed by atoms with van der Waals surface area (Å²) in [6.45, 7) is 24.3. The molecule has 0 atom stereocenters. The van der Waals surface area contributed by atoms with Gasteiger partial charge in [-0.3, -0.25) is 0 Å². The van der Waals surface area contributed by atoms with Crippen molar-refractivity contribution < 1.29 is 13.3 Å². The predicted molar refractivity (Wildman–Crippen MR) is 100 cm³/mol. The maximum Gasteiger partial charge on any atom is 0.187 e. The molecule has 0 aliphatic carbocycles. The lowest BCUT2D eigenvalue weighted by Crippen LogP contribution is -2.65. The van der Waals surface area contributed by atoms with Gasteiger partial charge in [0.25, 0.3) is 0 Å². The van der Waals surface area contributed by atoms with Crippen LogP contribution in [0.3, 0.4) is 0 Å². The van der Waals surface area contributed by atoms with Crippen LogP contribution in [0, 0.1) is 0 Å². The van der Waals surface area contributed by atoms with Crippen molar-refractivity contribution in [1.29, 1.82) is 0 Å². The van der Waals surface area contributed by atoms with E-state index in [2.05, 4.69) is 72.8 Å². The molecule has 20 heavy (non-hydrogen) atoms. The first-order chi connectivity index (χ1) is 8.37. The van der Waals surface area contributed by atoms with Crippen molar-refractivity contribution in [1.82, 2.24) is 0 Å². The van der Waals surface area contributed by atoms with Crippen LogP contribution in [-0.4, -0.2) is 46.2 Å². The molecule has 0 amide bonds. The van der Waals surface area contributed by atoms with Gasteiger partial charge in [0.1, 0.15) is 5.41 Å². The van der Waals surface area contributed by atoms with Gasteiger partial charge >= 0.3 is 0 Å². The molecule has 7 heteroatoms. The summed E-state index contributed by atoms with van der Waals surface area (Å²) in [6, 6.07) is 0. The number of hydrogen-bond acceptors (Lipinski definition) is 3. The highest BCUT2D eigenvalue weighted by molar-refractivity contribution is 6.72. The highest BCUT2D eigenvalue weighted by atomic mass is 28.4. The molecule has 0 spiro atoms. The molecule has 0 unspecified atom stereocenters. The Morgan fingerprint density at radius 3 is 1.05 bits per heavy atom. The Morgan fingerprint density at radius 1 is 0.600 bits per heavy atom. The third-order valence-corrected chi connectivity index (χ3v) is 8.21. The van der Waals surface area contributed by atoms with Crippen LogP contribution < -0.4 is 0 Å². The molecule has 0 bridgehead atoms. The van der Waals surface area contributed by atoms with E-state index in [9.17, 15) is 0 Å². The predicted octanol–water partition coefficient (Wildman–Crippen LogP) is 3.34. The molecular formula is C13H36O3Si4. The third kappa shape index (κ3) is 7.67. The van der Waals surface area contributed by atoms with Crippen LogP contribution in [0.15, 0.2) is 0 Å². The van der Waals surface area contributed by atoms with Gasteiger partial charge < -0.3 is 13.3 Å². The van der Waals surface area contributed by atoms with Crippen LogP contribution in [0.1, 0.15) is 13.8 Å². The minimum Gasteiger partial charge on any atom is -0.408 e. The van der Waals surface area contributed by atoms with E-state index in [0.29, 0.717) is 0 Å². The molecule has 0 saturated carbocycles. The molecular weight excluding hydrogens is 316 g/mol. The minimum absolute atomic E-state index is 0.399. The lowest BCUT2D eigenvalue weighted by molar-refractivity contribution is -0.170. The monoisotopic (exact) mass is 352 g/mol. The SMILES string of the molecule is CC(C)(O[Si](C)(C)C)C([SiH3])(O[Si](C)(C)C)O[Si](C)(C)C. The first-order valence-corrected chi connectivity index (χ1v) is 18.7. The second-order valence-corrected chi connectivity index (χ2v) is 23.7. The van der Waals surface area contributed by atoms with Gasteiger partial charge in [-0.1, -0.05) is 0 Å². The molecule has 122 valence electrons. The van der Waals surface area contributed by atoms with Crippen molar-refractivity contribution in [2.24, 2.45) is 0 Å². The van der Waals surface area contributed by atoms with Crippen LogP contribution in [-0.2, 0) is 13.3 Å². The van der Waals surface area contributed by atoms with E-state index in [4.69, 9.17) is 13.3 Å². The van der Waals surface area contributed by atoms with Crippen molar-refractivity contribution in [3.63, 3.8) is 0 Å². The third-order valence-electron chi connectivity index (χ3n) is 2.66. The van der Waals surface area contributed by atoms with E-state index in [1.807, 2.05) is 0 Å². The summed E-state index contributed by atoms with van der Waals surface area (Å²) >= 11 is 0. The van der Waals surface area contributed by atoms with Crippen LogP contribution in [0.25, 0.3) is 0 Å². The number of rotatable bonds is 7. The van der Waals surface area contributed by atoms with E-state index in [0.717, 1.165) is 10.2 Å². The Bertz CT molecular complexity index is 308. The Balaban J connectivity index is 5.51. The van der Waals surface area contributed by atoms with Gasteiger partial charge in [0.2, 0.25) is 0 Å². The summed E-state index contributed by atoms with van der Waals surface area (Å²) < 4.78 is 19.5. The van der Waals surface area contributed by atoms with Crippen LogP contribution >= 0.6 is 0 Å². The summed E-state index contributed by atoms with van der Waals surface area (Å²) in [6.07, 6.45) is 0. The van der Waals surface area contributed by atoms with Crippen molar-refractivity contribution in [2.75, 3.05) is 0 Å². The molecule has 0 aromatic carbocycles.